The molecule has 0 saturated carbocycles. The van der Waals surface area contributed by atoms with Crippen LogP contribution in [-0.2, 0) is 0 Å². The van der Waals surface area contributed by atoms with Crippen LogP contribution in [0.2, 0.25) is 0 Å². The molecule has 2 heteroatoms. The lowest BCUT2D eigenvalue weighted by Gasteiger charge is -2.34. The Morgan fingerprint density at radius 3 is 2.74 bits per heavy atom. The van der Waals surface area contributed by atoms with Gasteiger partial charge in [-0.1, -0.05) is 31.6 Å². The van der Waals surface area contributed by atoms with E-state index in [1.807, 2.05) is 0 Å². The van der Waals surface area contributed by atoms with E-state index in [1.54, 1.807) is 0 Å². The fourth-order valence-electron chi connectivity index (χ4n) is 4.25. The Morgan fingerprint density at radius 2 is 2.00 bits per heavy atom. The zero-order chi connectivity index (χ0) is 16.6. The quantitative estimate of drug-likeness (QED) is 0.626. The summed E-state index contributed by atoms with van der Waals surface area (Å²) in [6, 6.07) is 2.38. The molecule has 126 valence electrons. The molecule has 1 aliphatic heterocycles. The number of rotatable bonds is 4. The number of hydrogen-bond donors (Lipinski definition) is 0. The molecular weight excluding hydrogens is 284 g/mol. The smallest absolute Gasteiger partial charge is 0.231 e. The van der Waals surface area contributed by atoms with Crippen LogP contribution in [0.5, 0.6) is 11.5 Å². The molecule has 0 spiro atoms. The second kappa shape index (κ2) is 6.59. The second-order valence-corrected chi connectivity index (χ2v) is 7.68. The zero-order valence-electron chi connectivity index (χ0n) is 15.2. The molecule has 0 bridgehead atoms. The van der Waals surface area contributed by atoms with Gasteiger partial charge in [-0.05, 0) is 75.3 Å². The molecule has 3 atom stereocenters. The molecule has 1 aromatic rings. The Hall–Kier alpha value is -1.44. The Balaban J connectivity index is 1.90. The molecule has 1 aromatic carbocycles. The predicted octanol–water partition coefficient (Wildman–Crippen LogP) is 6.09. The van der Waals surface area contributed by atoms with Crippen molar-refractivity contribution in [3.8, 4) is 11.5 Å². The van der Waals surface area contributed by atoms with Gasteiger partial charge < -0.3 is 9.47 Å². The summed E-state index contributed by atoms with van der Waals surface area (Å²) in [5, 5.41) is 0. The summed E-state index contributed by atoms with van der Waals surface area (Å²) in [6.07, 6.45) is 7.37. The number of hydrogen-bond acceptors (Lipinski definition) is 2. The molecule has 0 saturated heterocycles. The third-order valence-electron chi connectivity index (χ3n) is 5.56. The lowest BCUT2D eigenvalue weighted by molar-refractivity contribution is 0.172. The van der Waals surface area contributed by atoms with Crippen LogP contribution < -0.4 is 9.47 Å². The van der Waals surface area contributed by atoms with Gasteiger partial charge in [0.15, 0.2) is 11.5 Å². The maximum atomic E-state index is 5.86. The van der Waals surface area contributed by atoms with E-state index in [1.165, 1.54) is 47.9 Å². The first-order valence-corrected chi connectivity index (χ1v) is 9.05. The van der Waals surface area contributed by atoms with Crippen molar-refractivity contribution in [1.82, 2.24) is 0 Å². The monoisotopic (exact) mass is 314 g/mol. The third-order valence-corrected chi connectivity index (χ3v) is 5.56. The van der Waals surface area contributed by atoms with Crippen LogP contribution in [0.4, 0.5) is 0 Å². The minimum Gasteiger partial charge on any atom is -0.453 e. The summed E-state index contributed by atoms with van der Waals surface area (Å²) in [7, 11) is 0. The van der Waals surface area contributed by atoms with Crippen molar-refractivity contribution >= 4 is 0 Å². The van der Waals surface area contributed by atoms with E-state index in [-0.39, 0.29) is 0 Å². The van der Waals surface area contributed by atoms with E-state index in [0.717, 1.165) is 11.5 Å². The highest BCUT2D eigenvalue weighted by Gasteiger charge is 2.34. The fraction of sp³-hybridized carbons (Fsp3) is 0.619. The molecule has 0 fully saturated rings. The number of ether oxygens (including phenoxy) is 2. The van der Waals surface area contributed by atoms with Crippen LogP contribution in [0.1, 0.15) is 81.9 Å². The third kappa shape index (κ3) is 3.13. The Labute approximate surface area is 140 Å². The van der Waals surface area contributed by atoms with E-state index >= 15 is 0 Å². The first-order chi connectivity index (χ1) is 11.0. The largest absolute Gasteiger partial charge is 0.453 e. The van der Waals surface area contributed by atoms with Crippen molar-refractivity contribution in [2.24, 2.45) is 5.92 Å². The van der Waals surface area contributed by atoms with E-state index in [9.17, 15) is 0 Å². The van der Waals surface area contributed by atoms with Crippen LogP contribution in [0.15, 0.2) is 17.7 Å². The number of aryl methyl sites for hydroxylation is 1. The maximum Gasteiger partial charge on any atom is 0.231 e. The van der Waals surface area contributed by atoms with Crippen LogP contribution in [0.25, 0.3) is 0 Å². The van der Waals surface area contributed by atoms with E-state index in [2.05, 4.69) is 46.8 Å². The predicted molar refractivity (Wildman–Crippen MR) is 95.5 cm³/mol. The highest BCUT2D eigenvalue weighted by atomic mass is 16.7. The highest BCUT2D eigenvalue weighted by molar-refractivity contribution is 5.59. The molecular formula is C21H30O2. The maximum absolute atomic E-state index is 5.86. The molecule has 2 nitrogen and oxygen atoms in total. The van der Waals surface area contributed by atoms with E-state index in [0.29, 0.717) is 24.5 Å². The normalized spacial score (nSPS) is 23.3. The Bertz CT molecular complexity index is 611. The van der Waals surface area contributed by atoms with Crippen LogP contribution in [0.3, 0.4) is 0 Å². The molecule has 0 amide bonds. The minimum atomic E-state index is 0.375. The molecule has 3 rings (SSSR count). The molecule has 0 radical (unpaired) electrons. The van der Waals surface area contributed by atoms with Gasteiger partial charge in [-0.15, -0.1) is 0 Å². The molecule has 1 heterocycles. The van der Waals surface area contributed by atoms with Gasteiger partial charge in [0.05, 0.1) is 0 Å². The minimum absolute atomic E-state index is 0.375. The summed E-state index contributed by atoms with van der Waals surface area (Å²) >= 11 is 0. The average molecular weight is 314 g/mol. The zero-order valence-corrected chi connectivity index (χ0v) is 15.2. The first-order valence-electron chi connectivity index (χ1n) is 9.05. The summed E-state index contributed by atoms with van der Waals surface area (Å²) in [5.74, 6) is 3.95. The van der Waals surface area contributed by atoms with Crippen molar-refractivity contribution in [1.29, 1.82) is 0 Å². The van der Waals surface area contributed by atoms with Crippen molar-refractivity contribution in [3.05, 3.63) is 34.4 Å². The van der Waals surface area contributed by atoms with Crippen LogP contribution in [-0.4, -0.2) is 6.79 Å². The molecule has 2 aliphatic rings. The van der Waals surface area contributed by atoms with Crippen molar-refractivity contribution in [3.63, 3.8) is 0 Å². The Kier molecular flexibility index (Phi) is 4.70. The standard InChI is InChI=1S/C21H30O2/c1-13(2)7-6-8-14(3)17-10-9-15(4)19-18(17)11-16(5)20-21(19)23-12-22-20/h7,11,14-15,17H,6,8-10,12H2,1-5H3/t14-,15+,17+/m0/s1. The van der Waals surface area contributed by atoms with Crippen molar-refractivity contribution in [2.45, 2.75) is 72.1 Å². The fourth-order valence-corrected chi connectivity index (χ4v) is 4.25. The van der Waals surface area contributed by atoms with Gasteiger partial charge >= 0.3 is 0 Å². The lowest BCUT2D eigenvalue weighted by Crippen LogP contribution is -2.19. The molecule has 1 aliphatic carbocycles. The van der Waals surface area contributed by atoms with Crippen LogP contribution in [0, 0.1) is 12.8 Å². The SMILES string of the molecule is CC(C)=CCC[C@H](C)[C@H]1CC[C@@H](C)c2c1cc(C)c1c2OCO1. The van der Waals surface area contributed by atoms with E-state index < -0.39 is 0 Å². The van der Waals surface area contributed by atoms with Crippen molar-refractivity contribution in [2.75, 3.05) is 6.79 Å². The van der Waals surface area contributed by atoms with Gasteiger partial charge in [0.2, 0.25) is 6.79 Å². The van der Waals surface area contributed by atoms with Gasteiger partial charge in [0.1, 0.15) is 0 Å². The van der Waals surface area contributed by atoms with Gasteiger partial charge in [-0.2, -0.15) is 0 Å². The lowest BCUT2D eigenvalue weighted by atomic mass is 9.70. The van der Waals surface area contributed by atoms with Gasteiger partial charge in [0.25, 0.3) is 0 Å². The Morgan fingerprint density at radius 1 is 1.26 bits per heavy atom. The van der Waals surface area contributed by atoms with E-state index in [4.69, 9.17) is 9.47 Å². The molecule has 23 heavy (non-hydrogen) atoms. The number of fused-ring (bicyclic) bond motifs is 3. The molecule has 0 aromatic heterocycles. The second-order valence-electron chi connectivity index (χ2n) is 7.68. The molecule has 0 N–H and O–H groups in total. The summed E-state index contributed by atoms with van der Waals surface area (Å²) in [6.45, 7) is 11.7. The van der Waals surface area contributed by atoms with Crippen molar-refractivity contribution < 1.29 is 9.47 Å². The molecule has 0 unspecified atom stereocenters. The summed E-state index contributed by atoms with van der Waals surface area (Å²) < 4.78 is 11.6. The number of allylic oxidation sites excluding steroid dienone is 2. The van der Waals surface area contributed by atoms with Gasteiger partial charge in [-0.25, -0.2) is 0 Å². The average Bonchev–Trinajstić information content (AvgIpc) is 2.97. The van der Waals surface area contributed by atoms with Gasteiger partial charge in [-0.3, -0.25) is 0 Å². The number of benzene rings is 1. The summed E-state index contributed by atoms with van der Waals surface area (Å²) in [4.78, 5) is 0. The van der Waals surface area contributed by atoms with Crippen LogP contribution >= 0.6 is 0 Å². The topological polar surface area (TPSA) is 18.5 Å². The highest BCUT2D eigenvalue weighted by Crippen LogP contribution is 2.52. The van der Waals surface area contributed by atoms with Gasteiger partial charge in [0, 0.05) is 5.56 Å². The first kappa shape index (κ1) is 16.4. The summed E-state index contributed by atoms with van der Waals surface area (Å²) in [5.41, 5.74) is 5.60.